The Labute approximate surface area is 503 Å². The summed E-state index contributed by atoms with van der Waals surface area (Å²) in [5, 5.41) is 0. The van der Waals surface area contributed by atoms with Crippen LogP contribution >= 0.6 is 0 Å². The first-order chi connectivity index (χ1) is 40.0. The largest absolute Gasteiger partial charge is 0.462 e. The second-order valence-electron chi connectivity index (χ2n) is 23.8. The minimum atomic E-state index is -0.806. The zero-order valence-electron chi connectivity index (χ0n) is 54.1. The van der Waals surface area contributed by atoms with Gasteiger partial charge in [-0.2, -0.15) is 0 Å². The predicted octanol–water partition coefficient (Wildman–Crippen LogP) is 24.4. The van der Waals surface area contributed by atoms with Crippen molar-refractivity contribution in [3.8, 4) is 0 Å². The van der Waals surface area contributed by atoms with E-state index in [1.165, 1.54) is 257 Å². The molecule has 6 heteroatoms. The average Bonchev–Trinajstić information content (AvgIpc) is 3.46. The van der Waals surface area contributed by atoms with Gasteiger partial charge in [0, 0.05) is 19.3 Å². The number of hydrogen-bond donors (Lipinski definition) is 0. The van der Waals surface area contributed by atoms with E-state index in [2.05, 4.69) is 87.6 Å². The molecule has 6 nitrogen and oxygen atoms in total. The minimum absolute atomic E-state index is 0.0960. The molecule has 0 saturated heterocycles. The molecule has 0 aromatic rings. The molecule has 0 saturated carbocycles. The SMILES string of the molecule is CC/C=C\C/C=C\C/C=C\C/C=C\CCC(=O)OCC(COC(=O)CCCCCCCCCCCCCCCCCCCCCCC/C=C\CCCCCCCCCC)OC(=O)CCCCCCCCC/C=C\CCCCCCCC. The highest BCUT2D eigenvalue weighted by Crippen LogP contribution is 2.18. The van der Waals surface area contributed by atoms with Crippen molar-refractivity contribution < 1.29 is 28.6 Å². The van der Waals surface area contributed by atoms with Crippen molar-refractivity contribution in [1.29, 1.82) is 0 Å². The first-order valence-electron chi connectivity index (χ1n) is 35.4. The van der Waals surface area contributed by atoms with Crippen LogP contribution in [-0.2, 0) is 28.6 Å². The van der Waals surface area contributed by atoms with Gasteiger partial charge in [-0.15, -0.1) is 0 Å². The highest BCUT2D eigenvalue weighted by molar-refractivity contribution is 5.71. The number of ether oxygens (including phenoxy) is 3. The monoisotopic (exact) mass is 1130 g/mol. The summed E-state index contributed by atoms with van der Waals surface area (Å²) in [5.74, 6) is -0.968. The van der Waals surface area contributed by atoms with Gasteiger partial charge in [-0.25, -0.2) is 0 Å². The lowest BCUT2D eigenvalue weighted by molar-refractivity contribution is -0.166. The molecule has 0 rings (SSSR count). The summed E-state index contributed by atoms with van der Waals surface area (Å²) in [5.41, 5.74) is 0. The van der Waals surface area contributed by atoms with Gasteiger partial charge in [0.2, 0.25) is 0 Å². The lowest BCUT2D eigenvalue weighted by atomic mass is 10.0. The highest BCUT2D eigenvalue weighted by atomic mass is 16.6. The fraction of sp³-hybridized carbons (Fsp3) is 0.800. The number of carbonyl (C=O) groups is 3. The van der Waals surface area contributed by atoms with Gasteiger partial charge in [-0.1, -0.05) is 325 Å². The van der Waals surface area contributed by atoms with Crippen LogP contribution in [-0.4, -0.2) is 37.2 Å². The third kappa shape index (κ3) is 67.5. The van der Waals surface area contributed by atoms with E-state index >= 15 is 0 Å². The minimum Gasteiger partial charge on any atom is -0.462 e. The second kappa shape index (κ2) is 69.3. The summed E-state index contributed by atoms with van der Waals surface area (Å²) in [6.07, 6.45) is 91.1. The van der Waals surface area contributed by atoms with Crippen LogP contribution < -0.4 is 0 Å². The molecule has 0 amide bonds. The highest BCUT2D eigenvalue weighted by Gasteiger charge is 2.19. The topological polar surface area (TPSA) is 78.9 Å². The molecule has 470 valence electrons. The number of rotatable bonds is 65. The smallest absolute Gasteiger partial charge is 0.306 e. The maximum absolute atomic E-state index is 12.9. The van der Waals surface area contributed by atoms with Gasteiger partial charge in [0.05, 0.1) is 0 Å². The van der Waals surface area contributed by atoms with E-state index < -0.39 is 6.10 Å². The van der Waals surface area contributed by atoms with E-state index in [4.69, 9.17) is 14.2 Å². The Kier molecular flexibility index (Phi) is 66.6. The quantitative estimate of drug-likeness (QED) is 0.0261. The molecule has 0 aliphatic carbocycles. The maximum atomic E-state index is 12.9. The van der Waals surface area contributed by atoms with E-state index in [-0.39, 0.29) is 37.5 Å². The summed E-state index contributed by atoms with van der Waals surface area (Å²) >= 11 is 0. The molecule has 0 radical (unpaired) electrons. The van der Waals surface area contributed by atoms with Gasteiger partial charge in [0.25, 0.3) is 0 Å². The Morgan fingerprint density at radius 1 is 0.259 bits per heavy atom. The molecular weight excluding hydrogens is 997 g/mol. The van der Waals surface area contributed by atoms with Crippen LogP contribution in [0.5, 0.6) is 0 Å². The summed E-state index contributed by atoms with van der Waals surface area (Å²) in [6, 6.07) is 0. The van der Waals surface area contributed by atoms with Crippen molar-refractivity contribution in [2.24, 2.45) is 0 Å². The van der Waals surface area contributed by atoms with Crippen molar-refractivity contribution in [2.75, 3.05) is 13.2 Å². The summed E-state index contributed by atoms with van der Waals surface area (Å²) in [4.78, 5) is 38.3. The van der Waals surface area contributed by atoms with Crippen LogP contribution in [0.4, 0.5) is 0 Å². The lowest BCUT2D eigenvalue weighted by Gasteiger charge is -2.18. The van der Waals surface area contributed by atoms with Gasteiger partial charge >= 0.3 is 17.9 Å². The van der Waals surface area contributed by atoms with Gasteiger partial charge in [0.15, 0.2) is 6.10 Å². The normalized spacial score (nSPS) is 12.5. The van der Waals surface area contributed by atoms with Gasteiger partial charge < -0.3 is 14.2 Å². The Balaban J connectivity index is 4.15. The summed E-state index contributed by atoms with van der Waals surface area (Å²) < 4.78 is 16.9. The summed E-state index contributed by atoms with van der Waals surface area (Å²) in [7, 11) is 0. The number of hydrogen-bond acceptors (Lipinski definition) is 6. The van der Waals surface area contributed by atoms with E-state index in [0.29, 0.717) is 19.3 Å². The van der Waals surface area contributed by atoms with E-state index in [9.17, 15) is 14.4 Å². The molecule has 1 atom stereocenters. The molecule has 0 aromatic carbocycles. The predicted molar refractivity (Wildman–Crippen MR) is 353 cm³/mol. The van der Waals surface area contributed by atoms with Crippen LogP contribution in [0.25, 0.3) is 0 Å². The number of carbonyl (C=O) groups excluding carboxylic acids is 3. The van der Waals surface area contributed by atoms with Crippen molar-refractivity contribution in [3.05, 3.63) is 72.9 Å². The fourth-order valence-corrected chi connectivity index (χ4v) is 10.4. The average molecular weight is 1130 g/mol. The molecule has 0 fully saturated rings. The molecule has 0 N–H and O–H groups in total. The van der Waals surface area contributed by atoms with Crippen molar-refractivity contribution >= 4 is 17.9 Å². The third-order valence-electron chi connectivity index (χ3n) is 15.7. The van der Waals surface area contributed by atoms with E-state index in [1.807, 2.05) is 6.08 Å². The van der Waals surface area contributed by atoms with Crippen LogP contribution in [0.1, 0.15) is 367 Å². The Morgan fingerprint density at radius 3 is 0.827 bits per heavy atom. The Morgan fingerprint density at radius 2 is 0.506 bits per heavy atom. The maximum Gasteiger partial charge on any atom is 0.306 e. The van der Waals surface area contributed by atoms with Gasteiger partial charge in [-0.3, -0.25) is 14.4 Å². The van der Waals surface area contributed by atoms with Gasteiger partial charge in [-0.05, 0) is 96.3 Å². The zero-order chi connectivity index (χ0) is 58.5. The molecule has 81 heavy (non-hydrogen) atoms. The molecule has 0 aromatic heterocycles. The fourth-order valence-electron chi connectivity index (χ4n) is 10.4. The van der Waals surface area contributed by atoms with Crippen molar-refractivity contribution in [3.63, 3.8) is 0 Å². The number of unbranched alkanes of at least 4 members (excludes halogenated alkanes) is 42. The Hall–Kier alpha value is -3.15. The molecular formula is C75H134O6. The Bertz CT molecular complexity index is 1490. The molecule has 0 spiro atoms. The summed E-state index contributed by atoms with van der Waals surface area (Å²) in [6.45, 7) is 6.50. The zero-order valence-corrected chi connectivity index (χ0v) is 54.1. The molecule has 0 bridgehead atoms. The lowest BCUT2D eigenvalue weighted by Crippen LogP contribution is -2.30. The molecule has 1 unspecified atom stereocenters. The molecule has 0 aliphatic heterocycles. The second-order valence-corrected chi connectivity index (χ2v) is 23.8. The van der Waals surface area contributed by atoms with Crippen LogP contribution in [0.3, 0.4) is 0 Å². The molecule has 0 aliphatic rings. The number of allylic oxidation sites excluding steroid dienone is 12. The van der Waals surface area contributed by atoms with Crippen molar-refractivity contribution in [1.82, 2.24) is 0 Å². The van der Waals surface area contributed by atoms with Crippen LogP contribution in [0, 0.1) is 0 Å². The van der Waals surface area contributed by atoms with Crippen LogP contribution in [0.15, 0.2) is 72.9 Å². The van der Waals surface area contributed by atoms with Crippen LogP contribution in [0.2, 0.25) is 0 Å². The first-order valence-corrected chi connectivity index (χ1v) is 35.4. The van der Waals surface area contributed by atoms with E-state index in [0.717, 1.165) is 64.2 Å². The van der Waals surface area contributed by atoms with Gasteiger partial charge in [0.1, 0.15) is 13.2 Å². The van der Waals surface area contributed by atoms with Crippen molar-refractivity contribution in [2.45, 2.75) is 374 Å². The standard InChI is InChI=1S/C75H134O6/c1-4-7-10-13-16-19-22-25-27-29-30-31-32-33-34-35-36-37-38-39-40-41-42-43-44-46-47-50-53-56-59-62-65-68-74(77)80-71-72(70-79-73(76)67-64-61-58-55-52-49-24-21-18-15-12-9-6-3)81-75(78)69-66-63-60-57-54-51-48-45-28-26-23-20-17-14-11-8-5-2/h9,12,18,21,26,28-30,49,52,58,61,72H,4-8,10-11,13-17,19-20,22-25,27,31-48,50-51,53-57,59-60,62-71H2,1-3H3/b12-9-,21-18-,28-26-,30-29-,52-49-,61-58-. The molecule has 0 heterocycles. The number of esters is 3. The van der Waals surface area contributed by atoms with E-state index in [1.54, 1.807) is 0 Å². The first kappa shape index (κ1) is 77.9. The third-order valence-corrected chi connectivity index (χ3v) is 15.7.